The summed E-state index contributed by atoms with van der Waals surface area (Å²) in [6.45, 7) is 2.41. The average molecular weight is 379 g/mol. The van der Waals surface area contributed by atoms with Crippen molar-refractivity contribution in [2.24, 2.45) is 0 Å². The second kappa shape index (κ2) is 9.71. The van der Waals surface area contributed by atoms with E-state index in [9.17, 15) is 14.7 Å². The molecule has 0 fully saturated rings. The number of rotatable bonds is 9. The number of aliphatic carboxylic acids is 1. The molecule has 1 heterocycles. The molecule has 0 radical (unpaired) electrons. The number of unbranched alkanes of at least 4 members (excludes halogenated alkanes) is 1. The molecule has 8 nitrogen and oxygen atoms in total. The molecule has 1 amide bonds. The summed E-state index contributed by atoms with van der Waals surface area (Å²) in [4.78, 5) is 27.3. The van der Waals surface area contributed by atoms with Gasteiger partial charge in [-0.1, -0.05) is 30.3 Å². The van der Waals surface area contributed by atoms with Crippen LogP contribution < -0.4 is 5.32 Å². The summed E-state index contributed by atoms with van der Waals surface area (Å²) in [6.07, 6.45) is 0.775. The third-order valence-electron chi connectivity index (χ3n) is 3.71. The first-order valence-corrected chi connectivity index (χ1v) is 8.61. The van der Waals surface area contributed by atoms with Crippen LogP contribution in [0.1, 0.15) is 30.7 Å². The van der Waals surface area contributed by atoms with Crippen LogP contribution in [0.3, 0.4) is 0 Å². The minimum Gasteiger partial charge on any atom is -0.480 e. The van der Waals surface area contributed by atoms with Crippen molar-refractivity contribution in [1.82, 2.24) is 15.0 Å². The van der Waals surface area contributed by atoms with Crippen molar-refractivity contribution in [1.29, 1.82) is 0 Å². The highest BCUT2D eigenvalue weighted by Gasteiger charge is 2.20. The molecule has 0 aliphatic carbocycles. The van der Waals surface area contributed by atoms with Crippen LogP contribution in [-0.4, -0.2) is 32.9 Å². The zero-order chi connectivity index (χ0) is 18.9. The van der Waals surface area contributed by atoms with E-state index in [0.29, 0.717) is 25.2 Å². The number of hydrogen-bond acceptors (Lipinski definition) is 6. The smallest absolute Gasteiger partial charge is 0.408 e. The number of alkyl carbamates (subject to hydrolysis) is 1. The third kappa shape index (κ3) is 6.32. The average Bonchev–Trinajstić information content (AvgIpc) is 2.93. The molecule has 0 saturated carbocycles. The van der Waals surface area contributed by atoms with Crippen LogP contribution in [0.5, 0.6) is 0 Å². The van der Waals surface area contributed by atoms with Crippen molar-refractivity contribution in [2.45, 2.75) is 45.4 Å². The predicted octanol–water partition coefficient (Wildman–Crippen LogP) is 3.06. The Morgan fingerprint density at radius 2 is 2.08 bits per heavy atom. The minimum absolute atomic E-state index is 0.0871. The zero-order valence-corrected chi connectivity index (χ0v) is 15.2. The van der Waals surface area contributed by atoms with Crippen molar-refractivity contribution < 1.29 is 24.0 Å². The van der Waals surface area contributed by atoms with Crippen LogP contribution in [0.15, 0.2) is 34.9 Å². The number of benzene rings is 1. The highest BCUT2D eigenvalue weighted by atomic mass is 32.1. The minimum atomic E-state index is -1.10. The van der Waals surface area contributed by atoms with E-state index in [2.05, 4.69) is 10.3 Å². The van der Waals surface area contributed by atoms with Gasteiger partial charge in [0.15, 0.2) is 0 Å². The lowest BCUT2D eigenvalue weighted by molar-refractivity contribution is -0.139. The van der Waals surface area contributed by atoms with Gasteiger partial charge in [0.1, 0.15) is 18.5 Å². The highest BCUT2D eigenvalue weighted by molar-refractivity contribution is 7.71. The van der Waals surface area contributed by atoms with Gasteiger partial charge in [-0.3, -0.25) is 0 Å². The molecule has 0 bridgehead atoms. The van der Waals surface area contributed by atoms with E-state index in [0.717, 1.165) is 5.56 Å². The first kappa shape index (κ1) is 19.6. The molecule has 9 heteroatoms. The Morgan fingerprint density at radius 1 is 1.35 bits per heavy atom. The van der Waals surface area contributed by atoms with Gasteiger partial charge in [0.05, 0.1) is 6.54 Å². The molecule has 26 heavy (non-hydrogen) atoms. The molecule has 1 aromatic heterocycles. The van der Waals surface area contributed by atoms with Gasteiger partial charge in [0.25, 0.3) is 0 Å². The Morgan fingerprint density at radius 3 is 2.69 bits per heavy atom. The molecule has 0 aliphatic rings. The number of amides is 1. The topological polar surface area (TPSA) is 107 Å². The molecular formula is C17H21N3O5S. The van der Waals surface area contributed by atoms with E-state index in [1.807, 2.05) is 30.3 Å². The number of aryl methyl sites for hydroxylation is 2. The Labute approximate surface area is 155 Å². The third-order valence-corrected chi connectivity index (χ3v) is 3.88. The van der Waals surface area contributed by atoms with Crippen molar-refractivity contribution in [3.05, 3.63) is 46.6 Å². The Hall–Kier alpha value is -2.68. The van der Waals surface area contributed by atoms with Crippen molar-refractivity contribution in [2.75, 3.05) is 0 Å². The van der Waals surface area contributed by atoms with Gasteiger partial charge in [-0.05, 0) is 44.0 Å². The summed E-state index contributed by atoms with van der Waals surface area (Å²) in [7, 11) is 0. The Bertz CT molecular complexity index is 787. The highest BCUT2D eigenvalue weighted by Crippen LogP contribution is 2.07. The lowest BCUT2D eigenvalue weighted by Crippen LogP contribution is -2.41. The second-order valence-corrected chi connectivity index (χ2v) is 6.06. The quantitative estimate of drug-likeness (QED) is 0.509. The first-order valence-electron chi connectivity index (χ1n) is 8.20. The number of carboxylic acid groups (broad SMARTS) is 1. The fraction of sp³-hybridized carbons (Fsp3) is 0.412. The molecule has 0 aliphatic heterocycles. The van der Waals surface area contributed by atoms with Crippen LogP contribution in [0.2, 0.25) is 0 Å². The Kier molecular flexibility index (Phi) is 7.34. The van der Waals surface area contributed by atoms with Crippen molar-refractivity contribution >= 4 is 24.3 Å². The number of ether oxygens (including phenoxy) is 1. The standard InChI is InChI=1S/C17H21N3O5S/c1-12-18-17(26)25-20(12)10-6-5-9-14(15(21)22)19-16(23)24-11-13-7-3-2-4-8-13/h2-4,7-8,14H,5-6,9-11H2,1H3,(H,19,23)(H,21,22)/t14-/m0/s1. The van der Waals surface area contributed by atoms with Gasteiger partial charge in [0, 0.05) is 0 Å². The normalized spacial score (nSPS) is 11.7. The molecule has 2 rings (SSSR count). The summed E-state index contributed by atoms with van der Waals surface area (Å²) in [5, 5.41) is 11.6. The van der Waals surface area contributed by atoms with Crippen LogP contribution in [-0.2, 0) is 22.7 Å². The van der Waals surface area contributed by atoms with E-state index < -0.39 is 18.1 Å². The van der Waals surface area contributed by atoms with Gasteiger partial charge < -0.3 is 19.7 Å². The van der Waals surface area contributed by atoms with Gasteiger partial charge in [-0.15, -0.1) is 0 Å². The summed E-state index contributed by atoms with van der Waals surface area (Å²) >= 11 is 4.84. The van der Waals surface area contributed by atoms with E-state index in [1.54, 1.807) is 11.7 Å². The number of hydrogen-bond donors (Lipinski definition) is 2. The number of nitrogens with one attached hydrogen (secondary N) is 1. The second-order valence-electron chi connectivity index (χ2n) is 5.71. The number of nitrogens with zero attached hydrogens (tertiary/aromatic N) is 2. The summed E-state index contributed by atoms with van der Waals surface area (Å²) in [5.74, 6) is -0.426. The SMILES string of the molecule is Cc1nc(=S)on1CCCC[C@H](NC(=O)OCc1ccccc1)C(=O)O. The molecule has 0 unspecified atom stereocenters. The fourth-order valence-corrected chi connectivity index (χ4v) is 2.57. The zero-order valence-electron chi connectivity index (χ0n) is 14.4. The summed E-state index contributed by atoms with van der Waals surface area (Å²) < 4.78 is 11.8. The lowest BCUT2D eigenvalue weighted by atomic mass is 10.1. The fourth-order valence-electron chi connectivity index (χ4n) is 2.34. The predicted molar refractivity (Wildman–Crippen MR) is 95.1 cm³/mol. The molecule has 2 aromatic rings. The molecule has 2 N–H and O–H groups in total. The number of carbonyl (C=O) groups excluding carboxylic acids is 1. The van der Waals surface area contributed by atoms with Crippen LogP contribution >= 0.6 is 12.2 Å². The van der Waals surface area contributed by atoms with E-state index in [1.165, 1.54) is 0 Å². The van der Waals surface area contributed by atoms with Crippen molar-refractivity contribution in [3.8, 4) is 0 Å². The summed E-state index contributed by atoms with van der Waals surface area (Å²) in [6, 6.07) is 8.16. The van der Waals surface area contributed by atoms with Gasteiger partial charge in [-0.2, -0.15) is 9.72 Å². The molecule has 1 aromatic carbocycles. The monoisotopic (exact) mass is 379 g/mol. The summed E-state index contributed by atoms with van der Waals surface area (Å²) in [5.41, 5.74) is 0.829. The van der Waals surface area contributed by atoms with E-state index in [4.69, 9.17) is 21.5 Å². The maximum Gasteiger partial charge on any atom is 0.408 e. The van der Waals surface area contributed by atoms with Crippen LogP contribution in [0.4, 0.5) is 4.79 Å². The molecular weight excluding hydrogens is 358 g/mol. The largest absolute Gasteiger partial charge is 0.480 e. The number of carboxylic acids is 1. The van der Waals surface area contributed by atoms with Crippen molar-refractivity contribution in [3.63, 3.8) is 0 Å². The maximum atomic E-state index is 11.8. The first-order chi connectivity index (χ1) is 12.5. The van der Waals surface area contributed by atoms with E-state index in [-0.39, 0.29) is 17.9 Å². The number of carbonyl (C=O) groups is 2. The van der Waals surface area contributed by atoms with Gasteiger partial charge in [0.2, 0.25) is 0 Å². The van der Waals surface area contributed by atoms with E-state index >= 15 is 0 Å². The molecule has 0 spiro atoms. The number of aromatic nitrogens is 2. The maximum absolute atomic E-state index is 11.8. The van der Waals surface area contributed by atoms with Gasteiger partial charge >= 0.3 is 16.9 Å². The van der Waals surface area contributed by atoms with Crippen LogP contribution in [0.25, 0.3) is 0 Å². The van der Waals surface area contributed by atoms with Crippen LogP contribution in [0, 0.1) is 11.8 Å². The lowest BCUT2D eigenvalue weighted by Gasteiger charge is -2.14. The molecule has 140 valence electrons. The Balaban J connectivity index is 1.73. The molecule has 1 atom stereocenters. The molecule has 0 saturated heterocycles. The van der Waals surface area contributed by atoms with Gasteiger partial charge in [-0.25, -0.2) is 9.59 Å².